The van der Waals surface area contributed by atoms with Crippen LogP contribution in [0.25, 0.3) is 16.6 Å². The van der Waals surface area contributed by atoms with E-state index in [1.807, 2.05) is 0 Å². The molecule has 8 nitrogen and oxygen atoms in total. The fraction of sp³-hybridized carbons (Fsp3) is 0.250. The van der Waals surface area contributed by atoms with Crippen LogP contribution in [0.15, 0.2) is 53.3 Å². The number of hydrogen-bond donors (Lipinski definition) is 1. The molecule has 1 fully saturated rings. The zero-order valence-electron chi connectivity index (χ0n) is 15.1. The van der Waals surface area contributed by atoms with Crippen molar-refractivity contribution < 1.29 is 9.59 Å². The number of piperidine rings is 1. The van der Waals surface area contributed by atoms with Crippen molar-refractivity contribution in [3.05, 3.63) is 64.4 Å². The summed E-state index contributed by atoms with van der Waals surface area (Å²) in [6.45, 7) is 1.01. The number of carbonyl (C=O) groups is 2. The van der Waals surface area contributed by atoms with Crippen molar-refractivity contribution in [1.29, 1.82) is 0 Å². The van der Waals surface area contributed by atoms with E-state index in [0.717, 1.165) is 0 Å². The number of primary amides is 1. The van der Waals surface area contributed by atoms with Crippen LogP contribution in [-0.2, 0) is 4.79 Å². The Morgan fingerprint density at radius 2 is 1.68 bits per heavy atom. The topological polar surface area (TPSA) is 111 Å². The van der Waals surface area contributed by atoms with Crippen LogP contribution in [0.3, 0.4) is 0 Å². The Morgan fingerprint density at radius 1 is 1.00 bits per heavy atom. The first-order valence-corrected chi connectivity index (χ1v) is 9.08. The van der Waals surface area contributed by atoms with Gasteiger partial charge in [0.1, 0.15) is 5.52 Å². The largest absolute Gasteiger partial charge is 0.369 e. The molecular formula is C20H19N5O3. The molecule has 8 heteroatoms. The molecule has 0 unspecified atom stereocenters. The van der Waals surface area contributed by atoms with Crippen molar-refractivity contribution in [2.45, 2.75) is 12.8 Å². The Labute approximate surface area is 160 Å². The van der Waals surface area contributed by atoms with Gasteiger partial charge in [0.2, 0.25) is 5.91 Å². The van der Waals surface area contributed by atoms with Crippen molar-refractivity contribution >= 4 is 22.7 Å². The number of aromatic nitrogens is 3. The molecule has 1 aromatic heterocycles. The highest BCUT2D eigenvalue weighted by Gasteiger charge is 2.26. The molecule has 2 N–H and O–H groups in total. The molecule has 0 atom stereocenters. The molecule has 2 amide bonds. The zero-order chi connectivity index (χ0) is 19.7. The molecule has 28 heavy (non-hydrogen) atoms. The SMILES string of the molecule is NC(=O)C1CCN(C(=O)c2ccc(-n3nnc4ccccc4c3=O)cc2)CC1. The molecule has 1 aliphatic heterocycles. The monoisotopic (exact) mass is 377 g/mol. The number of benzene rings is 2. The predicted molar refractivity (Wildman–Crippen MR) is 103 cm³/mol. The van der Waals surface area contributed by atoms with E-state index < -0.39 is 0 Å². The Bertz CT molecular complexity index is 1100. The third kappa shape index (κ3) is 3.24. The Morgan fingerprint density at radius 3 is 2.36 bits per heavy atom. The number of amides is 2. The second-order valence-electron chi connectivity index (χ2n) is 6.84. The van der Waals surface area contributed by atoms with Crippen molar-refractivity contribution in [1.82, 2.24) is 19.9 Å². The van der Waals surface area contributed by atoms with Gasteiger partial charge in [-0.15, -0.1) is 5.10 Å². The first-order chi connectivity index (χ1) is 13.5. The number of rotatable bonds is 3. The fourth-order valence-electron chi connectivity index (χ4n) is 3.45. The van der Waals surface area contributed by atoms with E-state index >= 15 is 0 Å². The summed E-state index contributed by atoms with van der Waals surface area (Å²) >= 11 is 0. The van der Waals surface area contributed by atoms with Gasteiger partial charge in [0.05, 0.1) is 11.1 Å². The van der Waals surface area contributed by atoms with E-state index in [1.165, 1.54) is 4.68 Å². The van der Waals surface area contributed by atoms with Gasteiger partial charge in [-0.1, -0.05) is 17.3 Å². The van der Waals surface area contributed by atoms with E-state index in [-0.39, 0.29) is 23.3 Å². The van der Waals surface area contributed by atoms with Gasteiger partial charge >= 0.3 is 0 Å². The van der Waals surface area contributed by atoms with Gasteiger partial charge in [0.25, 0.3) is 11.5 Å². The molecular weight excluding hydrogens is 358 g/mol. The van der Waals surface area contributed by atoms with E-state index in [1.54, 1.807) is 53.4 Å². The lowest BCUT2D eigenvalue weighted by molar-refractivity contribution is -0.123. The smallest absolute Gasteiger partial charge is 0.282 e. The van der Waals surface area contributed by atoms with Crippen LogP contribution in [0, 0.1) is 5.92 Å². The summed E-state index contributed by atoms with van der Waals surface area (Å²) in [5.74, 6) is -0.574. The number of hydrogen-bond acceptors (Lipinski definition) is 5. The fourth-order valence-corrected chi connectivity index (χ4v) is 3.45. The van der Waals surface area contributed by atoms with E-state index in [9.17, 15) is 14.4 Å². The summed E-state index contributed by atoms with van der Waals surface area (Å²) in [5, 5.41) is 8.53. The molecule has 2 aromatic carbocycles. The van der Waals surface area contributed by atoms with E-state index in [0.29, 0.717) is 48.1 Å². The molecule has 4 rings (SSSR count). The molecule has 3 aromatic rings. The maximum absolute atomic E-state index is 12.7. The van der Waals surface area contributed by atoms with Crippen molar-refractivity contribution in [3.63, 3.8) is 0 Å². The summed E-state index contributed by atoms with van der Waals surface area (Å²) in [7, 11) is 0. The summed E-state index contributed by atoms with van der Waals surface area (Å²) in [4.78, 5) is 38.3. The van der Waals surface area contributed by atoms with Crippen LogP contribution < -0.4 is 11.3 Å². The van der Waals surface area contributed by atoms with Crippen LogP contribution in [0.2, 0.25) is 0 Å². The Hall–Kier alpha value is -3.55. The molecule has 1 saturated heterocycles. The maximum Gasteiger partial charge on any atom is 0.282 e. The summed E-state index contributed by atoms with van der Waals surface area (Å²) in [5.41, 5.74) is 6.66. The highest BCUT2D eigenvalue weighted by Crippen LogP contribution is 2.19. The van der Waals surface area contributed by atoms with Crippen LogP contribution in [0.5, 0.6) is 0 Å². The van der Waals surface area contributed by atoms with Crippen LogP contribution >= 0.6 is 0 Å². The lowest BCUT2D eigenvalue weighted by Gasteiger charge is -2.30. The van der Waals surface area contributed by atoms with Crippen LogP contribution in [0.1, 0.15) is 23.2 Å². The number of nitrogens with zero attached hydrogens (tertiary/aromatic N) is 4. The minimum absolute atomic E-state index is 0.105. The first kappa shape index (κ1) is 17.8. The maximum atomic E-state index is 12.7. The lowest BCUT2D eigenvalue weighted by atomic mass is 9.96. The van der Waals surface area contributed by atoms with Gasteiger partial charge in [-0.25, -0.2) is 0 Å². The van der Waals surface area contributed by atoms with Gasteiger partial charge in [0.15, 0.2) is 0 Å². The minimum Gasteiger partial charge on any atom is -0.369 e. The summed E-state index contributed by atoms with van der Waals surface area (Å²) < 4.78 is 1.22. The summed E-state index contributed by atoms with van der Waals surface area (Å²) in [6.07, 6.45) is 1.17. The standard InChI is InChI=1S/C20H19N5O3/c21-18(26)13-9-11-24(12-10-13)19(27)14-5-7-15(8-6-14)25-20(28)16-3-1-2-4-17(16)22-23-25/h1-8,13H,9-12H2,(H2,21,26). The molecule has 0 aliphatic carbocycles. The predicted octanol–water partition coefficient (Wildman–Crippen LogP) is 1.12. The molecule has 142 valence electrons. The van der Waals surface area contributed by atoms with Gasteiger partial charge in [-0.3, -0.25) is 14.4 Å². The van der Waals surface area contributed by atoms with Crippen molar-refractivity contribution in [2.24, 2.45) is 11.7 Å². The van der Waals surface area contributed by atoms with Gasteiger partial charge in [-0.05, 0) is 49.2 Å². The minimum atomic E-state index is -0.307. The molecule has 0 saturated carbocycles. The second-order valence-corrected chi connectivity index (χ2v) is 6.84. The van der Waals surface area contributed by atoms with E-state index in [4.69, 9.17) is 5.73 Å². The third-order valence-electron chi connectivity index (χ3n) is 5.11. The summed E-state index contributed by atoms with van der Waals surface area (Å²) in [6, 6.07) is 13.7. The average Bonchev–Trinajstić information content (AvgIpc) is 2.74. The molecule has 1 aliphatic rings. The van der Waals surface area contributed by atoms with Crippen LogP contribution in [-0.4, -0.2) is 44.8 Å². The van der Waals surface area contributed by atoms with E-state index in [2.05, 4.69) is 10.3 Å². The van der Waals surface area contributed by atoms with Crippen LogP contribution in [0.4, 0.5) is 0 Å². The Kier molecular flexibility index (Phi) is 4.60. The second kappa shape index (κ2) is 7.22. The first-order valence-electron chi connectivity index (χ1n) is 9.08. The lowest BCUT2D eigenvalue weighted by Crippen LogP contribution is -2.41. The number of fused-ring (bicyclic) bond motifs is 1. The number of nitrogens with two attached hydrogens (primary N) is 1. The number of carbonyl (C=O) groups excluding carboxylic acids is 2. The van der Waals surface area contributed by atoms with Crippen molar-refractivity contribution in [3.8, 4) is 5.69 Å². The molecule has 0 spiro atoms. The Balaban J connectivity index is 1.55. The highest BCUT2D eigenvalue weighted by molar-refractivity contribution is 5.94. The molecule has 2 heterocycles. The van der Waals surface area contributed by atoms with Crippen molar-refractivity contribution in [2.75, 3.05) is 13.1 Å². The molecule has 0 radical (unpaired) electrons. The molecule has 0 bridgehead atoms. The van der Waals surface area contributed by atoms with Gasteiger partial charge < -0.3 is 10.6 Å². The van der Waals surface area contributed by atoms with Gasteiger partial charge in [-0.2, -0.15) is 4.68 Å². The average molecular weight is 377 g/mol. The normalized spacial score (nSPS) is 14.9. The number of likely N-dealkylation sites (tertiary alicyclic amines) is 1. The quantitative estimate of drug-likeness (QED) is 0.735. The third-order valence-corrected chi connectivity index (χ3v) is 5.11. The zero-order valence-corrected chi connectivity index (χ0v) is 15.1. The highest BCUT2D eigenvalue weighted by atomic mass is 16.2. The van der Waals surface area contributed by atoms with Gasteiger partial charge in [0, 0.05) is 24.6 Å².